The first-order chi connectivity index (χ1) is 10.4. The summed E-state index contributed by atoms with van der Waals surface area (Å²) in [4.78, 5) is 6.87. The van der Waals surface area contributed by atoms with Gasteiger partial charge in [-0.05, 0) is 32.2 Å². The van der Waals surface area contributed by atoms with E-state index in [1.54, 1.807) is 0 Å². The number of aryl methyl sites for hydroxylation is 1. The Bertz CT molecular complexity index is 432. The summed E-state index contributed by atoms with van der Waals surface area (Å²) in [6, 6.07) is 0.292. The zero-order chi connectivity index (χ0) is 14.5. The Morgan fingerprint density at radius 2 is 2.29 bits per heavy atom. The molecule has 1 aromatic rings. The fourth-order valence-corrected chi connectivity index (χ4v) is 3.11. The largest absolute Gasteiger partial charge is 0.377 e. The second-order valence-corrected chi connectivity index (χ2v) is 5.80. The summed E-state index contributed by atoms with van der Waals surface area (Å²) in [5, 5.41) is 4.12. The molecule has 118 valence electrons. The van der Waals surface area contributed by atoms with Gasteiger partial charge < -0.3 is 14.0 Å². The summed E-state index contributed by atoms with van der Waals surface area (Å²) in [5.41, 5.74) is 0. The average molecular weight is 295 g/mol. The standard InChI is InChI=1S/C15H25N3O3/c1-2-14-16-15(17-21-14)13-6-3-7-18(13)8-10-19-11-12-5-4-9-20-12/h12-13H,2-11H2,1H3/t12-,13-/m0/s1. The van der Waals surface area contributed by atoms with Crippen molar-refractivity contribution in [2.75, 3.05) is 32.9 Å². The lowest BCUT2D eigenvalue weighted by Gasteiger charge is -2.22. The van der Waals surface area contributed by atoms with Crippen LogP contribution in [-0.4, -0.2) is 54.1 Å². The van der Waals surface area contributed by atoms with Gasteiger partial charge >= 0.3 is 0 Å². The molecule has 21 heavy (non-hydrogen) atoms. The van der Waals surface area contributed by atoms with Crippen LogP contribution in [0.4, 0.5) is 0 Å². The van der Waals surface area contributed by atoms with E-state index >= 15 is 0 Å². The van der Waals surface area contributed by atoms with Crippen molar-refractivity contribution in [3.8, 4) is 0 Å². The van der Waals surface area contributed by atoms with Crippen LogP contribution in [0.3, 0.4) is 0 Å². The minimum Gasteiger partial charge on any atom is -0.377 e. The van der Waals surface area contributed by atoms with E-state index in [0.717, 1.165) is 63.9 Å². The van der Waals surface area contributed by atoms with Crippen molar-refractivity contribution in [3.05, 3.63) is 11.7 Å². The number of aromatic nitrogens is 2. The van der Waals surface area contributed by atoms with Crippen LogP contribution >= 0.6 is 0 Å². The maximum absolute atomic E-state index is 5.76. The molecule has 0 spiro atoms. The molecule has 0 saturated carbocycles. The molecule has 6 nitrogen and oxygen atoms in total. The maximum Gasteiger partial charge on any atom is 0.226 e. The Kier molecular flexibility index (Phi) is 5.22. The monoisotopic (exact) mass is 295 g/mol. The SMILES string of the molecule is CCc1nc([C@@H]2CCCN2CCOC[C@@H]2CCCO2)no1. The van der Waals surface area contributed by atoms with Gasteiger partial charge in [0.05, 0.1) is 25.4 Å². The normalized spacial score (nSPS) is 26.7. The van der Waals surface area contributed by atoms with Gasteiger partial charge in [-0.15, -0.1) is 0 Å². The van der Waals surface area contributed by atoms with Gasteiger partial charge in [0.2, 0.25) is 5.89 Å². The molecule has 0 radical (unpaired) electrons. The number of rotatable bonds is 7. The predicted octanol–water partition coefficient (Wildman–Crippen LogP) is 1.96. The van der Waals surface area contributed by atoms with Gasteiger partial charge in [-0.2, -0.15) is 4.98 Å². The van der Waals surface area contributed by atoms with E-state index in [1.165, 1.54) is 12.8 Å². The summed E-state index contributed by atoms with van der Waals surface area (Å²) in [6.07, 6.45) is 5.70. The zero-order valence-electron chi connectivity index (χ0n) is 12.8. The molecule has 0 unspecified atom stereocenters. The van der Waals surface area contributed by atoms with Crippen LogP contribution in [0.1, 0.15) is 50.4 Å². The summed E-state index contributed by atoms with van der Waals surface area (Å²) >= 11 is 0. The molecule has 2 atom stereocenters. The third-order valence-corrected chi connectivity index (χ3v) is 4.30. The van der Waals surface area contributed by atoms with Crippen molar-refractivity contribution in [1.29, 1.82) is 0 Å². The molecule has 2 aliphatic heterocycles. The molecule has 0 amide bonds. The molecule has 0 aliphatic carbocycles. The first-order valence-electron chi connectivity index (χ1n) is 8.12. The van der Waals surface area contributed by atoms with Crippen molar-refractivity contribution in [1.82, 2.24) is 15.0 Å². The maximum atomic E-state index is 5.76. The van der Waals surface area contributed by atoms with Crippen molar-refractivity contribution in [3.63, 3.8) is 0 Å². The molecule has 0 bridgehead atoms. The van der Waals surface area contributed by atoms with Gasteiger partial charge in [0.1, 0.15) is 0 Å². The van der Waals surface area contributed by atoms with Crippen LogP contribution < -0.4 is 0 Å². The number of ether oxygens (including phenoxy) is 2. The Morgan fingerprint density at radius 3 is 3.05 bits per heavy atom. The van der Waals surface area contributed by atoms with E-state index in [1.807, 2.05) is 6.92 Å². The lowest BCUT2D eigenvalue weighted by molar-refractivity contribution is 0.00920. The molecule has 3 heterocycles. The Labute approximate surface area is 125 Å². The molecular formula is C15H25N3O3. The van der Waals surface area contributed by atoms with Crippen LogP contribution in [0, 0.1) is 0 Å². The van der Waals surface area contributed by atoms with Gasteiger partial charge in [0.15, 0.2) is 5.82 Å². The summed E-state index contributed by atoms with van der Waals surface area (Å²) in [5.74, 6) is 1.56. The molecule has 0 aromatic carbocycles. The molecule has 6 heteroatoms. The quantitative estimate of drug-likeness (QED) is 0.717. The lowest BCUT2D eigenvalue weighted by Crippen LogP contribution is -2.29. The van der Waals surface area contributed by atoms with E-state index in [2.05, 4.69) is 15.0 Å². The molecule has 1 aromatic heterocycles. The van der Waals surface area contributed by atoms with Gasteiger partial charge in [0.25, 0.3) is 0 Å². The molecule has 2 aliphatic rings. The van der Waals surface area contributed by atoms with Crippen molar-refractivity contribution in [2.45, 2.75) is 51.2 Å². The average Bonchev–Trinajstić information content (AvgIpc) is 3.23. The second kappa shape index (κ2) is 7.33. The van der Waals surface area contributed by atoms with Crippen molar-refractivity contribution >= 4 is 0 Å². The van der Waals surface area contributed by atoms with Crippen molar-refractivity contribution in [2.24, 2.45) is 0 Å². The fourth-order valence-electron chi connectivity index (χ4n) is 3.11. The highest BCUT2D eigenvalue weighted by Gasteiger charge is 2.29. The topological polar surface area (TPSA) is 60.6 Å². The fraction of sp³-hybridized carbons (Fsp3) is 0.867. The van der Waals surface area contributed by atoms with E-state index < -0.39 is 0 Å². The van der Waals surface area contributed by atoms with Gasteiger partial charge in [-0.25, -0.2) is 0 Å². The van der Waals surface area contributed by atoms with Crippen molar-refractivity contribution < 1.29 is 14.0 Å². The lowest BCUT2D eigenvalue weighted by atomic mass is 10.2. The molecule has 2 fully saturated rings. The minimum atomic E-state index is 0.292. The Morgan fingerprint density at radius 1 is 1.33 bits per heavy atom. The zero-order valence-corrected chi connectivity index (χ0v) is 12.8. The second-order valence-electron chi connectivity index (χ2n) is 5.80. The van der Waals surface area contributed by atoms with Gasteiger partial charge in [-0.3, -0.25) is 4.90 Å². The molecular weight excluding hydrogens is 270 g/mol. The Balaban J connectivity index is 1.43. The Hall–Kier alpha value is -0.980. The van der Waals surface area contributed by atoms with Gasteiger partial charge in [0, 0.05) is 19.6 Å². The summed E-state index contributed by atoms with van der Waals surface area (Å²) < 4.78 is 16.6. The van der Waals surface area contributed by atoms with Crippen LogP contribution in [0.25, 0.3) is 0 Å². The van der Waals surface area contributed by atoms with Crippen LogP contribution in [-0.2, 0) is 15.9 Å². The van der Waals surface area contributed by atoms with Gasteiger partial charge in [-0.1, -0.05) is 12.1 Å². The highest BCUT2D eigenvalue weighted by atomic mass is 16.5. The molecule has 2 saturated heterocycles. The predicted molar refractivity (Wildman–Crippen MR) is 77.0 cm³/mol. The summed E-state index contributed by atoms with van der Waals surface area (Å²) in [7, 11) is 0. The highest BCUT2D eigenvalue weighted by molar-refractivity contribution is 4.98. The smallest absolute Gasteiger partial charge is 0.226 e. The number of hydrogen-bond donors (Lipinski definition) is 0. The van der Waals surface area contributed by atoms with E-state index in [-0.39, 0.29) is 0 Å². The van der Waals surface area contributed by atoms with Crippen LogP contribution in [0.2, 0.25) is 0 Å². The van der Waals surface area contributed by atoms with E-state index in [4.69, 9.17) is 14.0 Å². The van der Waals surface area contributed by atoms with E-state index in [9.17, 15) is 0 Å². The third kappa shape index (κ3) is 3.81. The number of likely N-dealkylation sites (tertiary alicyclic amines) is 1. The van der Waals surface area contributed by atoms with Crippen LogP contribution in [0.5, 0.6) is 0 Å². The van der Waals surface area contributed by atoms with Crippen LogP contribution in [0.15, 0.2) is 4.52 Å². The minimum absolute atomic E-state index is 0.292. The first kappa shape index (κ1) is 14.9. The summed E-state index contributed by atoms with van der Waals surface area (Å²) in [6.45, 7) is 6.40. The molecule has 3 rings (SSSR count). The third-order valence-electron chi connectivity index (χ3n) is 4.30. The number of nitrogens with zero attached hydrogens (tertiary/aromatic N) is 3. The van der Waals surface area contributed by atoms with E-state index in [0.29, 0.717) is 12.1 Å². The highest BCUT2D eigenvalue weighted by Crippen LogP contribution is 2.29. The first-order valence-corrected chi connectivity index (χ1v) is 8.12. The molecule has 0 N–H and O–H groups in total. The number of hydrogen-bond acceptors (Lipinski definition) is 6.